The number of aromatic hydroxyl groups is 1. The average molecular weight is 846 g/mol. The number of thiocarbonyl (C=S) groups is 1. The molecule has 0 spiro atoms. The third-order valence-electron chi connectivity index (χ3n) is 9.17. The number of aromatic carboxylic acids is 1. The van der Waals surface area contributed by atoms with E-state index in [4.69, 9.17) is 31.6 Å². The molecular formula is C40H43N7O10S2. The lowest BCUT2D eigenvalue weighted by atomic mass is 9.85. The molecule has 310 valence electrons. The van der Waals surface area contributed by atoms with Crippen LogP contribution in [0, 0.1) is 5.92 Å². The molecule has 17 nitrogen and oxygen atoms in total. The summed E-state index contributed by atoms with van der Waals surface area (Å²) in [6, 6.07) is 14.7. The number of nitrogens with zero attached hydrogens (tertiary/aromatic N) is 3. The van der Waals surface area contributed by atoms with Crippen LogP contribution in [0.15, 0.2) is 101 Å². The number of benzene rings is 3. The number of nitrogens with two attached hydrogens (primary N) is 1. The summed E-state index contributed by atoms with van der Waals surface area (Å²) in [5, 5.41) is 53.1. The van der Waals surface area contributed by atoms with Crippen LogP contribution in [-0.2, 0) is 24.3 Å². The Bertz CT molecular complexity index is 2430. The SMILES string of the molecule is CC(C)[C@@H](C(=O)NCCOCCOCCNC(=S)Nc1ccc(C2=C3C=CC(O)C=C3Oc3cc(O)ccc32)c(C(=O)O)c1)n1cc(-c2ccc(S(N)(=O)=O)cc2)nn1. The van der Waals surface area contributed by atoms with E-state index >= 15 is 0 Å². The molecule has 0 bridgehead atoms. The summed E-state index contributed by atoms with van der Waals surface area (Å²) < 4.78 is 41.8. The van der Waals surface area contributed by atoms with Crippen LogP contribution in [0.4, 0.5) is 5.69 Å². The molecule has 6 rings (SSSR count). The molecule has 2 atom stereocenters. The number of aromatic nitrogens is 3. The number of anilines is 1. The molecule has 1 unspecified atom stereocenters. The van der Waals surface area contributed by atoms with Gasteiger partial charge in [0.1, 0.15) is 29.0 Å². The van der Waals surface area contributed by atoms with Crippen molar-refractivity contribution in [3.63, 3.8) is 0 Å². The van der Waals surface area contributed by atoms with Gasteiger partial charge in [-0.15, -0.1) is 5.10 Å². The van der Waals surface area contributed by atoms with E-state index in [0.29, 0.717) is 70.5 Å². The maximum absolute atomic E-state index is 13.1. The van der Waals surface area contributed by atoms with Gasteiger partial charge in [-0.1, -0.05) is 49.4 Å². The van der Waals surface area contributed by atoms with Crippen molar-refractivity contribution in [2.24, 2.45) is 11.1 Å². The minimum atomic E-state index is -3.83. The average Bonchev–Trinajstić information content (AvgIpc) is 3.66. The first-order valence-electron chi connectivity index (χ1n) is 18.4. The summed E-state index contributed by atoms with van der Waals surface area (Å²) in [7, 11) is -3.83. The largest absolute Gasteiger partial charge is 0.508 e. The van der Waals surface area contributed by atoms with Gasteiger partial charge in [0, 0.05) is 47.1 Å². The Balaban J connectivity index is 0.918. The van der Waals surface area contributed by atoms with Crippen LogP contribution in [0.1, 0.15) is 41.4 Å². The van der Waals surface area contributed by atoms with Gasteiger partial charge in [0.25, 0.3) is 0 Å². The number of hydrogen-bond donors (Lipinski definition) is 7. The zero-order chi connectivity index (χ0) is 42.3. The Morgan fingerprint density at radius 3 is 2.36 bits per heavy atom. The van der Waals surface area contributed by atoms with Gasteiger partial charge >= 0.3 is 5.97 Å². The van der Waals surface area contributed by atoms with E-state index in [1.165, 1.54) is 41.1 Å². The van der Waals surface area contributed by atoms with E-state index in [1.54, 1.807) is 48.7 Å². The molecule has 3 aromatic carbocycles. The number of carbonyl (C=O) groups excluding carboxylic acids is 1. The minimum Gasteiger partial charge on any atom is -0.508 e. The summed E-state index contributed by atoms with van der Waals surface area (Å²) in [5.41, 5.74) is 3.70. The molecule has 4 aromatic rings. The molecular weight excluding hydrogens is 803 g/mol. The lowest BCUT2D eigenvalue weighted by molar-refractivity contribution is -0.126. The first kappa shape index (κ1) is 42.6. The number of carboxylic acids is 1. The maximum atomic E-state index is 13.1. The predicted molar refractivity (Wildman–Crippen MR) is 221 cm³/mol. The van der Waals surface area contributed by atoms with Crippen molar-refractivity contribution in [3.05, 3.63) is 113 Å². The number of carboxylic acid groups (broad SMARTS) is 1. The number of amides is 1. The number of allylic oxidation sites excluding steroid dienone is 1. The van der Waals surface area contributed by atoms with E-state index < -0.39 is 28.1 Å². The standard InChI is InChI=1S/C40H43N7O10S2/c1-23(2)37(47-22-33(45-46-47)24-3-8-28(9-4-24)59(41,53)54)38(50)42-13-15-55-17-18-56-16-14-43-40(58)44-25-5-10-29(32(19-25)39(51)52)36-30-11-6-26(48)20-34(30)57-35-21-27(49)7-12-31(35)36/h3-12,19-23,26,37,48-49H,13-18H2,1-2H3,(H,42,50)(H,51,52)(H2,41,53,54)(H2,43,44,58)/t26?,37-/m0/s1. The summed E-state index contributed by atoms with van der Waals surface area (Å²) in [4.78, 5) is 25.6. The number of rotatable bonds is 17. The number of phenols is 1. The highest BCUT2D eigenvalue weighted by Crippen LogP contribution is 2.45. The Morgan fingerprint density at radius 2 is 1.68 bits per heavy atom. The Hall–Kier alpha value is -5.96. The Labute approximate surface area is 345 Å². The van der Waals surface area contributed by atoms with Crippen LogP contribution < -0.4 is 25.8 Å². The normalized spacial score (nSPS) is 15.1. The van der Waals surface area contributed by atoms with Crippen LogP contribution in [-0.4, -0.2) is 101 Å². The number of carbonyl (C=O) groups is 2. The smallest absolute Gasteiger partial charge is 0.336 e. The van der Waals surface area contributed by atoms with Crippen molar-refractivity contribution in [2.45, 2.75) is 30.9 Å². The number of sulfonamides is 1. The summed E-state index contributed by atoms with van der Waals surface area (Å²) in [6.45, 7) is 5.54. The molecule has 1 amide bonds. The van der Waals surface area contributed by atoms with E-state index in [2.05, 4.69) is 26.3 Å². The van der Waals surface area contributed by atoms with Gasteiger partial charge in [-0.25, -0.2) is 23.0 Å². The molecule has 59 heavy (non-hydrogen) atoms. The van der Waals surface area contributed by atoms with Crippen LogP contribution in [0.3, 0.4) is 0 Å². The van der Waals surface area contributed by atoms with Gasteiger partial charge < -0.3 is 45.5 Å². The van der Waals surface area contributed by atoms with Crippen LogP contribution in [0.2, 0.25) is 0 Å². The first-order valence-corrected chi connectivity index (χ1v) is 20.4. The highest BCUT2D eigenvalue weighted by atomic mass is 32.2. The number of aliphatic hydroxyl groups is 1. The summed E-state index contributed by atoms with van der Waals surface area (Å²) in [5.74, 6) is -0.881. The topological polar surface area (TPSA) is 249 Å². The number of nitrogens with one attached hydrogen (secondary N) is 3. The second kappa shape index (κ2) is 18.7. The maximum Gasteiger partial charge on any atom is 0.336 e. The number of fused-ring (bicyclic) bond motifs is 2. The summed E-state index contributed by atoms with van der Waals surface area (Å²) in [6.07, 6.45) is 5.52. The van der Waals surface area contributed by atoms with E-state index in [9.17, 15) is 33.3 Å². The van der Waals surface area contributed by atoms with Crippen LogP contribution in [0.25, 0.3) is 16.8 Å². The van der Waals surface area contributed by atoms with Crippen molar-refractivity contribution in [2.75, 3.05) is 44.8 Å². The van der Waals surface area contributed by atoms with Crippen LogP contribution >= 0.6 is 12.2 Å². The molecule has 0 radical (unpaired) electrons. The van der Waals surface area contributed by atoms with E-state index in [-0.39, 0.29) is 52.9 Å². The van der Waals surface area contributed by atoms with Gasteiger partial charge in [0.2, 0.25) is 15.9 Å². The van der Waals surface area contributed by atoms with Crippen molar-refractivity contribution in [3.8, 4) is 22.8 Å². The lowest BCUT2D eigenvalue weighted by Crippen LogP contribution is -2.37. The number of primary sulfonamides is 1. The second-order valence-electron chi connectivity index (χ2n) is 13.8. The van der Waals surface area contributed by atoms with E-state index in [1.807, 2.05) is 13.8 Å². The van der Waals surface area contributed by atoms with Crippen molar-refractivity contribution in [1.29, 1.82) is 0 Å². The molecule has 19 heteroatoms. The molecule has 2 heterocycles. The third-order valence-corrected chi connectivity index (χ3v) is 10.3. The molecule has 1 aliphatic carbocycles. The Morgan fingerprint density at radius 1 is 0.983 bits per heavy atom. The monoisotopic (exact) mass is 845 g/mol. The first-order chi connectivity index (χ1) is 28.2. The lowest BCUT2D eigenvalue weighted by Gasteiger charge is -2.28. The number of ether oxygens (including phenoxy) is 3. The fourth-order valence-electron chi connectivity index (χ4n) is 6.42. The zero-order valence-corrected chi connectivity index (χ0v) is 33.6. The summed E-state index contributed by atoms with van der Waals surface area (Å²) >= 11 is 5.42. The molecule has 0 saturated heterocycles. The van der Waals surface area contributed by atoms with Gasteiger partial charge in [-0.3, -0.25) is 4.79 Å². The minimum absolute atomic E-state index is 0.00141. The highest BCUT2D eigenvalue weighted by Gasteiger charge is 2.30. The van der Waals surface area contributed by atoms with Gasteiger partial charge in [0.15, 0.2) is 5.11 Å². The van der Waals surface area contributed by atoms with Gasteiger partial charge in [0.05, 0.1) is 49.2 Å². The number of aliphatic hydroxyl groups excluding tert-OH is 1. The van der Waals surface area contributed by atoms with E-state index in [0.717, 1.165) is 0 Å². The number of hydrogen-bond acceptors (Lipinski definition) is 12. The van der Waals surface area contributed by atoms with Crippen LogP contribution in [0.5, 0.6) is 11.5 Å². The molecule has 8 N–H and O–H groups in total. The van der Waals surface area contributed by atoms with Gasteiger partial charge in [-0.2, -0.15) is 0 Å². The molecule has 2 aliphatic rings. The molecule has 0 saturated carbocycles. The molecule has 1 aliphatic heterocycles. The molecule has 0 fully saturated rings. The third kappa shape index (κ3) is 10.6. The molecule has 1 aromatic heterocycles. The quantitative estimate of drug-likeness (QED) is 0.0595. The fraction of sp³-hybridized carbons (Fsp3) is 0.275. The van der Waals surface area contributed by atoms with Crippen molar-refractivity contribution >= 4 is 50.5 Å². The fourth-order valence-corrected chi connectivity index (χ4v) is 7.15. The van der Waals surface area contributed by atoms with Gasteiger partial charge in [-0.05, 0) is 66.2 Å². The van der Waals surface area contributed by atoms with Crippen molar-refractivity contribution in [1.82, 2.24) is 25.6 Å². The Kier molecular flexibility index (Phi) is 13.5. The zero-order valence-electron chi connectivity index (χ0n) is 32.0. The second-order valence-corrected chi connectivity index (χ2v) is 15.7. The highest BCUT2D eigenvalue weighted by molar-refractivity contribution is 7.89. The number of phenolic OH excluding ortho intramolecular Hbond substituents is 1. The van der Waals surface area contributed by atoms with Crippen molar-refractivity contribution < 1.29 is 47.5 Å². The predicted octanol–water partition coefficient (Wildman–Crippen LogP) is 3.34.